The number of ether oxygens (including phenoxy) is 1. The van der Waals surface area contributed by atoms with Gasteiger partial charge in [-0.15, -0.1) is 22.7 Å². The Bertz CT molecular complexity index is 1170. The third-order valence-corrected chi connectivity index (χ3v) is 7.52. The average Bonchev–Trinajstić information content (AvgIpc) is 3.44. The van der Waals surface area contributed by atoms with Crippen molar-refractivity contribution in [1.29, 1.82) is 0 Å². The first-order valence-electron chi connectivity index (χ1n) is 11.0. The predicted molar refractivity (Wildman–Crippen MR) is 134 cm³/mol. The number of esters is 1. The van der Waals surface area contributed by atoms with E-state index in [1.165, 1.54) is 7.11 Å². The van der Waals surface area contributed by atoms with Gasteiger partial charge in [-0.1, -0.05) is 26.0 Å². The molecular weight excluding hydrogens is 457 g/mol. The van der Waals surface area contributed by atoms with Gasteiger partial charge in [-0.25, -0.2) is 19.2 Å². The van der Waals surface area contributed by atoms with Crippen LogP contribution in [0.5, 0.6) is 0 Å². The molecule has 1 N–H and O–H groups in total. The number of halogens is 1. The summed E-state index contributed by atoms with van der Waals surface area (Å²) in [6.45, 7) is 6.00. The number of rotatable bonds is 7. The molecule has 4 rings (SSSR count). The normalized spacial score (nSPS) is 18.3. The van der Waals surface area contributed by atoms with Crippen LogP contribution in [0.15, 0.2) is 35.9 Å². The number of thiazole rings is 1. The Morgan fingerprint density at radius 2 is 2.21 bits per heavy atom. The zero-order chi connectivity index (χ0) is 23.6. The minimum atomic E-state index is -1.15. The van der Waals surface area contributed by atoms with E-state index in [9.17, 15) is 9.18 Å². The summed E-state index contributed by atoms with van der Waals surface area (Å²) >= 11 is 3.14. The van der Waals surface area contributed by atoms with Gasteiger partial charge < -0.3 is 10.1 Å². The molecular formula is C25H28FN3O2S2. The van der Waals surface area contributed by atoms with E-state index in [0.717, 1.165) is 33.0 Å². The Kier molecular flexibility index (Phi) is 6.95. The number of nitrogens with one attached hydrogen (secondary N) is 1. The number of aromatic nitrogens is 2. The fraction of sp³-hybridized carbons (Fsp3) is 0.400. The van der Waals surface area contributed by atoms with E-state index in [1.807, 2.05) is 23.6 Å². The third kappa shape index (κ3) is 5.50. The summed E-state index contributed by atoms with van der Waals surface area (Å²) in [5, 5.41) is 5.90. The maximum absolute atomic E-state index is 14.3. The molecule has 1 atom stereocenters. The van der Waals surface area contributed by atoms with Crippen molar-refractivity contribution in [3.8, 4) is 10.4 Å². The SMILES string of the molecule is COC(=O)c1cc(-c2cccs2)cnc1Nc1nc(C2=CCC(C)(F)CC2)c(CC(C)C)s1. The van der Waals surface area contributed by atoms with Crippen LogP contribution in [-0.2, 0) is 11.2 Å². The molecule has 3 aromatic rings. The van der Waals surface area contributed by atoms with Gasteiger partial charge in [-0.2, -0.15) is 0 Å². The standard InChI is InChI=1S/C25H28FN3O2S2/c1-15(2)12-20-21(16-7-9-25(3,26)10-8-16)28-24(33-20)29-22-18(23(30)31-4)13-17(14-27-22)19-6-5-11-32-19/h5-7,11,13-15H,8-10,12H2,1-4H3,(H,27,28,29). The monoisotopic (exact) mass is 485 g/mol. The van der Waals surface area contributed by atoms with Crippen LogP contribution in [0.1, 0.15) is 61.0 Å². The van der Waals surface area contributed by atoms with Crippen LogP contribution in [-0.4, -0.2) is 28.7 Å². The maximum Gasteiger partial charge on any atom is 0.341 e. The molecule has 8 heteroatoms. The van der Waals surface area contributed by atoms with Gasteiger partial charge in [-0.3, -0.25) is 0 Å². The second-order valence-corrected chi connectivity index (χ2v) is 11.0. The van der Waals surface area contributed by atoms with Crippen molar-refractivity contribution in [2.24, 2.45) is 5.92 Å². The van der Waals surface area contributed by atoms with Gasteiger partial charge >= 0.3 is 5.97 Å². The van der Waals surface area contributed by atoms with Gasteiger partial charge in [0, 0.05) is 21.5 Å². The third-order valence-electron chi connectivity index (χ3n) is 5.61. The van der Waals surface area contributed by atoms with E-state index in [0.29, 0.717) is 41.7 Å². The number of pyridine rings is 1. The van der Waals surface area contributed by atoms with Gasteiger partial charge in [0.05, 0.1) is 12.8 Å². The van der Waals surface area contributed by atoms with Crippen molar-refractivity contribution >= 4 is 45.2 Å². The highest BCUT2D eigenvalue weighted by Crippen LogP contribution is 2.39. The molecule has 1 aliphatic rings. The van der Waals surface area contributed by atoms with Crippen LogP contribution in [0.25, 0.3) is 16.0 Å². The number of carbonyl (C=O) groups is 1. The molecule has 0 aromatic carbocycles. The lowest BCUT2D eigenvalue weighted by Gasteiger charge is -2.24. The number of thiophene rings is 1. The number of carbonyl (C=O) groups excluding carboxylic acids is 1. The quantitative estimate of drug-likeness (QED) is 0.356. The lowest BCUT2D eigenvalue weighted by atomic mass is 9.86. The van der Waals surface area contributed by atoms with Gasteiger partial charge in [0.1, 0.15) is 17.1 Å². The van der Waals surface area contributed by atoms with Crippen LogP contribution in [0.2, 0.25) is 0 Å². The van der Waals surface area contributed by atoms with Crippen molar-refractivity contribution in [3.63, 3.8) is 0 Å². The Balaban J connectivity index is 1.68. The fourth-order valence-corrected chi connectivity index (χ4v) is 5.74. The number of hydrogen-bond donors (Lipinski definition) is 1. The number of alkyl halides is 1. The van der Waals surface area contributed by atoms with E-state index < -0.39 is 11.6 Å². The van der Waals surface area contributed by atoms with Crippen molar-refractivity contribution in [3.05, 3.63) is 52.0 Å². The van der Waals surface area contributed by atoms with Gasteiger partial charge in [0.25, 0.3) is 0 Å². The predicted octanol–water partition coefficient (Wildman–Crippen LogP) is 7.29. The van der Waals surface area contributed by atoms with Gasteiger partial charge in [0.15, 0.2) is 5.13 Å². The van der Waals surface area contributed by atoms with Crippen molar-refractivity contribution in [2.75, 3.05) is 12.4 Å². The molecule has 33 heavy (non-hydrogen) atoms. The molecule has 0 saturated carbocycles. The molecule has 3 aromatic heterocycles. The minimum absolute atomic E-state index is 0.357. The molecule has 1 aliphatic carbocycles. The Hall–Kier alpha value is -2.58. The molecule has 0 radical (unpaired) electrons. The van der Waals surface area contributed by atoms with Crippen LogP contribution in [0, 0.1) is 5.92 Å². The van der Waals surface area contributed by atoms with E-state index >= 15 is 0 Å². The minimum Gasteiger partial charge on any atom is -0.465 e. The second-order valence-electron chi connectivity index (χ2n) is 8.95. The van der Waals surface area contributed by atoms with Crippen LogP contribution < -0.4 is 5.32 Å². The summed E-state index contributed by atoms with van der Waals surface area (Å²) in [6.07, 6.45) is 6.19. The molecule has 0 aliphatic heterocycles. The number of methoxy groups -OCH3 is 1. The highest BCUT2D eigenvalue weighted by atomic mass is 32.1. The van der Waals surface area contributed by atoms with Crippen LogP contribution >= 0.6 is 22.7 Å². The van der Waals surface area contributed by atoms with Crippen molar-refractivity contribution in [2.45, 2.75) is 52.1 Å². The summed E-state index contributed by atoms with van der Waals surface area (Å²) in [7, 11) is 1.36. The Morgan fingerprint density at radius 1 is 1.39 bits per heavy atom. The molecule has 0 saturated heterocycles. The molecule has 0 amide bonds. The summed E-state index contributed by atoms with van der Waals surface area (Å²) in [4.78, 5) is 24.1. The Morgan fingerprint density at radius 3 is 2.85 bits per heavy atom. The van der Waals surface area contributed by atoms with E-state index in [1.54, 1.807) is 41.9 Å². The van der Waals surface area contributed by atoms with E-state index in [-0.39, 0.29) is 0 Å². The number of allylic oxidation sites excluding steroid dienone is 2. The Labute approximate surface area is 201 Å². The first-order chi connectivity index (χ1) is 15.8. The average molecular weight is 486 g/mol. The lowest BCUT2D eigenvalue weighted by Crippen LogP contribution is -2.20. The molecule has 0 fully saturated rings. The van der Waals surface area contributed by atoms with E-state index in [2.05, 4.69) is 24.1 Å². The smallest absolute Gasteiger partial charge is 0.341 e. The van der Waals surface area contributed by atoms with Crippen LogP contribution in [0.4, 0.5) is 15.3 Å². The summed E-state index contributed by atoms with van der Waals surface area (Å²) in [5.41, 5.74) is 2.09. The highest BCUT2D eigenvalue weighted by Gasteiger charge is 2.28. The molecule has 1 unspecified atom stereocenters. The molecule has 3 heterocycles. The first-order valence-corrected chi connectivity index (χ1v) is 12.7. The van der Waals surface area contributed by atoms with Crippen molar-refractivity contribution in [1.82, 2.24) is 9.97 Å². The van der Waals surface area contributed by atoms with Gasteiger partial charge in [0.2, 0.25) is 0 Å². The molecule has 0 bridgehead atoms. The van der Waals surface area contributed by atoms with Crippen LogP contribution in [0.3, 0.4) is 0 Å². The largest absolute Gasteiger partial charge is 0.465 e. The summed E-state index contributed by atoms with van der Waals surface area (Å²) in [6, 6.07) is 5.74. The van der Waals surface area contributed by atoms with E-state index in [4.69, 9.17) is 9.72 Å². The fourth-order valence-electron chi connectivity index (χ4n) is 3.82. The zero-order valence-electron chi connectivity index (χ0n) is 19.3. The topological polar surface area (TPSA) is 64.1 Å². The molecule has 5 nitrogen and oxygen atoms in total. The maximum atomic E-state index is 14.3. The summed E-state index contributed by atoms with van der Waals surface area (Å²) < 4.78 is 19.3. The second kappa shape index (κ2) is 9.73. The molecule has 174 valence electrons. The summed E-state index contributed by atoms with van der Waals surface area (Å²) in [5.74, 6) is 0.411. The first kappa shape index (κ1) is 23.6. The van der Waals surface area contributed by atoms with Crippen molar-refractivity contribution < 1.29 is 13.9 Å². The highest BCUT2D eigenvalue weighted by molar-refractivity contribution is 7.15. The number of nitrogens with zero attached hydrogens (tertiary/aromatic N) is 2. The number of hydrogen-bond acceptors (Lipinski definition) is 7. The molecule has 0 spiro atoms. The van der Waals surface area contributed by atoms with Gasteiger partial charge in [-0.05, 0) is 61.6 Å². The number of anilines is 2. The zero-order valence-corrected chi connectivity index (χ0v) is 20.9. The lowest BCUT2D eigenvalue weighted by molar-refractivity contribution is 0.0601.